The molecule has 0 saturated carbocycles. The lowest BCUT2D eigenvalue weighted by molar-refractivity contribution is 0.105. The Labute approximate surface area is 80.5 Å². The highest BCUT2D eigenvalue weighted by molar-refractivity contribution is 6.62. The zero-order valence-corrected chi connectivity index (χ0v) is 9.70. The molecule has 1 aliphatic rings. The first-order valence-electron chi connectivity index (χ1n) is 4.51. The van der Waals surface area contributed by atoms with E-state index in [1.165, 1.54) is 0 Å². The van der Waals surface area contributed by atoms with Gasteiger partial charge in [0.05, 0.1) is 18.3 Å². The third-order valence-electron chi connectivity index (χ3n) is 2.56. The lowest BCUT2D eigenvalue weighted by Gasteiger charge is -2.30. The van der Waals surface area contributed by atoms with Gasteiger partial charge in [-0.25, -0.2) is 0 Å². The van der Waals surface area contributed by atoms with E-state index in [4.69, 9.17) is 18.0 Å². The van der Waals surface area contributed by atoms with Crippen molar-refractivity contribution >= 4 is 8.80 Å². The van der Waals surface area contributed by atoms with E-state index in [0.29, 0.717) is 0 Å². The fraction of sp³-hybridized carbons (Fsp3) is 1.00. The molecular weight excluding hydrogens is 188 g/mol. The van der Waals surface area contributed by atoms with Crippen LogP contribution in [-0.2, 0) is 18.0 Å². The Morgan fingerprint density at radius 1 is 1.31 bits per heavy atom. The van der Waals surface area contributed by atoms with Gasteiger partial charge in [-0.3, -0.25) is 0 Å². The summed E-state index contributed by atoms with van der Waals surface area (Å²) >= 11 is 0. The van der Waals surface area contributed by atoms with Crippen molar-refractivity contribution in [3.05, 3.63) is 0 Å². The van der Waals surface area contributed by atoms with Crippen LogP contribution in [0.2, 0.25) is 5.54 Å². The molecule has 13 heavy (non-hydrogen) atoms. The molecule has 0 amide bonds. The van der Waals surface area contributed by atoms with E-state index in [0.717, 1.165) is 13.0 Å². The van der Waals surface area contributed by atoms with E-state index in [9.17, 15) is 0 Å². The molecule has 0 spiro atoms. The number of hydrogen-bond donors (Lipinski definition) is 0. The summed E-state index contributed by atoms with van der Waals surface area (Å²) in [5, 5.41) is 0. The number of rotatable bonds is 6. The van der Waals surface area contributed by atoms with Crippen molar-refractivity contribution in [3.63, 3.8) is 0 Å². The fourth-order valence-corrected chi connectivity index (χ4v) is 4.29. The van der Waals surface area contributed by atoms with Gasteiger partial charge in [-0.2, -0.15) is 0 Å². The maximum atomic E-state index is 5.41. The van der Waals surface area contributed by atoms with Crippen molar-refractivity contribution in [2.24, 2.45) is 0 Å². The molecule has 2 unspecified atom stereocenters. The number of ether oxygens (including phenoxy) is 1. The fourth-order valence-electron chi connectivity index (χ4n) is 1.73. The molecule has 0 aromatic heterocycles. The Balaban J connectivity index is 2.68. The molecule has 0 aromatic carbocycles. The minimum Gasteiger partial charge on any atom is -0.377 e. The third kappa shape index (κ3) is 2.11. The molecule has 1 saturated heterocycles. The van der Waals surface area contributed by atoms with Crippen LogP contribution in [0, 0.1) is 0 Å². The van der Waals surface area contributed by atoms with Gasteiger partial charge in [0, 0.05) is 21.3 Å². The highest BCUT2D eigenvalue weighted by atomic mass is 28.4. The van der Waals surface area contributed by atoms with Gasteiger partial charge < -0.3 is 18.0 Å². The highest BCUT2D eigenvalue weighted by Crippen LogP contribution is 2.37. The molecule has 2 atom stereocenters. The van der Waals surface area contributed by atoms with E-state index in [1.54, 1.807) is 21.3 Å². The first-order valence-corrected chi connectivity index (χ1v) is 6.31. The molecular formula is C8H18O4Si. The molecule has 1 fully saturated rings. The second kappa shape index (κ2) is 4.52. The van der Waals surface area contributed by atoms with Crippen molar-refractivity contribution in [1.29, 1.82) is 0 Å². The monoisotopic (exact) mass is 206 g/mol. The maximum absolute atomic E-state index is 5.41. The number of hydrogen-bond acceptors (Lipinski definition) is 4. The van der Waals surface area contributed by atoms with Crippen LogP contribution in [0.4, 0.5) is 0 Å². The average Bonchev–Trinajstić information content (AvgIpc) is 2.98. The van der Waals surface area contributed by atoms with E-state index in [2.05, 4.69) is 6.92 Å². The van der Waals surface area contributed by atoms with Gasteiger partial charge in [-0.1, -0.05) is 6.92 Å². The quantitative estimate of drug-likeness (QED) is 0.481. The first-order chi connectivity index (χ1) is 6.24. The summed E-state index contributed by atoms with van der Waals surface area (Å²) in [5.41, 5.74) is 0.271. The van der Waals surface area contributed by atoms with Crippen LogP contribution in [-0.4, -0.2) is 42.8 Å². The minimum absolute atomic E-state index is 0.271. The van der Waals surface area contributed by atoms with Gasteiger partial charge in [-0.15, -0.1) is 0 Å². The summed E-state index contributed by atoms with van der Waals surface area (Å²) in [6, 6.07) is 0. The van der Waals surface area contributed by atoms with Crippen LogP contribution < -0.4 is 0 Å². The smallest absolute Gasteiger partial charge is 0.377 e. The predicted octanol–water partition coefficient (Wildman–Crippen LogP) is 1.04. The van der Waals surface area contributed by atoms with Gasteiger partial charge in [0.1, 0.15) is 0 Å². The van der Waals surface area contributed by atoms with E-state index in [1.807, 2.05) is 0 Å². The lowest BCUT2D eigenvalue weighted by atomic mass is 10.3. The zero-order chi connectivity index (χ0) is 9.90. The average molecular weight is 206 g/mol. The van der Waals surface area contributed by atoms with Crippen LogP contribution in [0.5, 0.6) is 0 Å². The van der Waals surface area contributed by atoms with Crippen LogP contribution in [0.3, 0.4) is 0 Å². The Hall–Kier alpha value is 0.0569. The second-order valence-electron chi connectivity index (χ2n) is 3.10. The summed E-state index contributed by atoms with van der Waals surface area (Å²) in [6.07, 6.45) is 1.24. The van der Waals surface area contributed by atoms with Gasteiger partial charge in [0.15, 0.2) is 0 Å². The molecule has 4 nitrogen and oxygen atoms in total. The number of epoxide rings is 1. The van der Waals surface area contributed by atoms with Gasteiger partial charge in [0.2, 0.25) is 0 Å². The van der Waals surface area contributed by atoms with Crippen molar-refractivity contribution < 1.29 is 18.0 Å². The molecule has 0 bridgehead atoms. The predicted molar refractivity (Wildman–Crippen MR) is 50.6 cm³/mol. The lowest BCUT2D eigenvalue weighted by Crippen LogP contribution is -2.49. The minimum atomic E-state index is -2.47. The SMILES string of the molecule is CCC(C1CO1)[Si](OC)(OC)OC. The molecule has 1 heterocycles. The van der Waals surface area contributed by atoms with Crippen LogP contribution in [0.1, 0.15) is 13.3 Å². The van der Waals surface area contributed by atoms with Crippen LogP contribution in [0.25, 0.3) is 0 Å². The van der Waals surface area contributed by atoms with Gasteiger partial charge in [0.25, 0.3) is 0 Å². The molecule has 0 N–H and O–H groups in total. The molecule has 1 aliphatic heterocycles. The Bertz CT molecular complexity index is 148. The largest absolute Gasteiger partial charge is 0.506 e. The zero-order valence-electron chi connectivity index (χ0n) is 8.70. The standard InChI is InChI=1S/C8H18O4Si/c1-5-8(7-6-12-7)13(9-2,10-3)11-4/h7-8H,5-6H2,1-4H3. The molecule has 1 rings (SSSR count). The molecule has 0 radical (unpaired) electrons. The topological polar surface area (TPSA) is 40.2 Å². The molecule has 78 valence electrons. The highest BCUT2D eigenvalue weighted by Gasteiger charge is 2.54. The Morgan fingerprint density at radius 2 is 1.77 bits per heavy atom. The Morgan fingerprint density at radius 3 is 2.00 bits per heavy atom. The first kappa shape index (κ1) is 11.1. The summed E-state index contributed by atoms with van der Waals surface area (Å²) in [6.45, 7) is 2.91. The summed E-state index contributed by atoms with van der Waals surface area (Å²) in [5.74, 6) is 0. The molecule has 5 heteroatoms. The van der Waals surface area contributed by atoms with E-state index in [-0.39, 0.29) is 11.6 Å². The maximum Gasteiger partial charge on any atom is 0.506 e. The van der Waals surface area contributed by atoms with Gasteiger partial charge >= 0.3 is 8.80 Å². The second-order valence-corrected chi connectivity index (χ2v) is 6.28. The third-order valence-corrected chi connectivity index (χ3v) is 5.95. The van der Waals surface area contributed by atoms with Crippen LogP contribution >= 0.6 is 0 Å². The van der Waals surface area contributed by atoms with Crippen molar-refractivity contribution in [3.8, 4) is 0 Å². The molecule has 0 aliphatic carbocycles. The van der Waals surface area contributed by atoms with Crippen LogP contribution in [0.15, 0.2) is 0 Å². The van der Waals surface area contributed by atoms with E-state index >= 15 is 0 Å². The van der Waals surface area contributed by atoms with Crippen molar-refractivity contribution in [1.82, 2.24) is 0 Å². The summed E-state index contributed by atoms with van der Waals surface area (Å²) < 4.78 is 21.5. The Kier molecular flexibility index (Phi) is 3.87. The normalized spacial score (nSPS) is 24.5. The summed E-state index contributed by atoms with van der Waals surface area (Å²) in [4.78, 5) is 0. The molecule has 0 aromatic rings. The van der Waals surface area contributed by atoms with Gasteiger partial charge in [-0.05, 0) is 6.42 Å². The van der Waals surface area contributed by atoms with Crippen molar-refractivity contribution in [2.75, 3.05) is 27.9 Å². The summed E-state index contributed by atoms with van der Waals surface area (Å²) in [7, 11) is 2.46. The van der Waals surface area contributed by atoms with Crippen molar-refractivity contribution in [2.45, 2.75) is 25.0 Å². The van der Waals surface area contributed by atoms with E-state index < -0.39 is 8.80 Å².